The minimum absolute atomic E-state index is 0.319. The standard InChI is InChI=1S/C17H27N5O2/c1-2-9-22-17(18-19-20-22)13-21-10-5-3-4-7-14(21)12-15(23)16-8-6-11-24-16/h6,8,11,14-15,23H,2-5,7,9-10,12-13H2,1H3/t14-,15+/m0/s1. The third-order valence-electron chi connectivity index (χ3n) is 4.75. The number of aliphatic hydroxyl groups excluding tert-OH is 1. The maximum atomic E-state index is 10.5. The maximum Gasteiger partial charge on any atom is 0.165 e. The van der Waals surface area contributed by atoms with Gasteiger partial charge in [0.1, 0.15) is 11.9 Å². The first-order valence-electron chi connectivity index (χ1n) is 8.98. The van der Waals surface area contributed by atoms with E-state index in [1.54, 1.807) is 6.26 Å². The maximum absolute atomic E-state index is 10.5. The zero-order valence-electron chi connectivity index (χ0n) is 14.3. The van der Waals surface area contributed by atoms with Crippen LogP contribution in [0.5, 0.6) is 0 Å². The molecule has 3 rings (SSSR count). The number of furan rings is 1. The molecule has 0 aliphatic carbocycles. The van der Waals surface area contributed by atoms with Gasteiger partial charge >= 0.3 is 0 Å². The molecule has 1 aliphatic heterocycles. The Morgan fingerprint density at radius 3 is 3.08 bits per heavy atom. The van der Waals surface area contributed by atoms with Gasteiger partial charge in [0.25, 0.3) is 0 Å². The number of aromatic nitrogens is 4. The number of hydrogen-bond donors (Lipinski definition) is 1. The Hall–Kier alpha value is -1.73. The van der Waals surface area contributed by atoms with E-state index in [1.807, 2.05) is 16.8 Å². The predicted molar refractivity (Wildman–Crippen MR) is 89.1 cm³/mol. The van der Waals surface area contributed by atoms with E-state index in [9.17, 15) is 5.11 Å². The molecule has 1 fully saturated rings. The summed E-state index contributed by atoms with van der Waals surface area (Å²) in [6.07, 6.45) is 7.47. The summed E-state index contributed by atoms with van der Waals surface area (Å²) in [5.74, 6) is 1.56. The van der Waals surface area contributed by atoms with Crippen LogP contribution in [0.2, 0.25) is 0 Å². The summed E-state index contributed by atoms with van der Waals surface area (Å²) in [4.78, 5) is 2.43. The van der Waals surface area contributed by atoms with Crippen molar-refractivity contribution in [3.8, 4) is 0 Å². The summed E-state index contributed by atoms with van der Waals surface area (Å²) in [6, 6.07) is 3.98. The number of aliphatic hydroxyl groups is 1. The fourth-order valence-electron chi connectivity index (χ4n) is 3.47. The topological polar surface area (TPSA) is 80.2 Å². The van der Waals surface area contributed by atoms with Crippen molar-refractivity contribution in [1.29, 1.82) is 0 Å². The number of aryl methyl sites for hydroxylation is 1. The SMILES string of the molecule is CCCn1nnnc1CN1CCCCC[C@H]1C[C@@H](O)c1ccco1. The molecule has 0 spiro atoms. The molecule has 1 aliphatic rings. The lowest BCUT2D eigenvalue weighted by molar-refractivity contribution is 0.0811. The van der Waals surface area contributed by atoms with Gasteiger partial charge in [-0.25, -0.2) is 4.68 Å². The summed E-state index contributed by atoms with van der Waals surface area (Å²) in [5.41, 5.74) is 0. The van der Waals surface area contributed by atoms with Crippen molar-refractivity contribution in [2.75, 3.05) is 6.54 Å². The molecule has 2 aromatic heterocycles. The highest BCUT2D eigenvalue weighted by Crippen LogP contribution is 2.27. The largest absolute Gasteiger partial charge is 0.467 e. The van der Waals surface area contributed by atoms with Crippen LogP contribution in [-0.4, -0.2) is 42.8 Å². The zero-order valence-corrected chi connectivity index (χ0v) is 14.3. The summed E-state index contributed by atoms with van der Waals surface area (Å²) in [5, 5.41) is 22.6. The molecule has 2 atom stereocenters. The van der Waals surface area contributed by atoms with Crippen LogP contribution in [-0.2, 0) is 13.1 Å². The van der Waals surface area contributed by atoms with Gasteiger partial charge in [-0.1, -0.05) is 19.8 Å². The predicted octanol–water partition coefficient (Wildman–Crippen LogP) is 2.54. The van der Waals surface area contributed by atoms with Gasteiger partial charge in [-0.3, -0.25) is 4.90 Å². The van der Waals surface area contributed by atoms with Gasteiger partial charge in [0.05, 0.1) is 12.8 Å². The molecule has 0 bridgehead atoms. The van der Waals surface area contributed by atoms with E-state index in [4.69, 9.17) is 4.42 Å². The molecule has 7 nitrogen and oxygen atoms in total. The third kappa shape index (κ3) is 4.21. The molecule has 0 aromatic carbocycles. The quantitative estimate of drug-likeness (QED) is 0.839. The first-order chi connectivity index (χ1) is 11.8. The van der Waals surface area contributed by atoms with E-state index < -0.39 is 6.10 Å². The highest BCUT2D eigenvalue weighted by atomic mass is 16.4. The molecule has 0 radical (unpaired) electrons. The Morgan fingerprint density at radius 2 is 2.29 bits per heavy atom. The molecule has 0 unspecified atom stereocenters. The van der Waals surface area contributed by atoms with Crippen molar-refractivity contribution in [3.63, 3.8) is 0 Å². The number of nitrogens with zero attached hydrogens (tertiary/aromatic N) is 5. The smallest absolute Gasteiger partial charge is 0.165 e. The van der Waals surface area contributed by atoms with Gasteiger partial charge in [-0.2, -0.15) is 0 Å². The van der Waals surface area contributed by atoms with Crippen molar-refractivity contribution in [2.24, 2.45) is 0 Å². The monoisotopic (exact) mass is 333 g/mol. The van der Waals surface area contributed by atoms with Crippen LogP contribution >= 0.6 is 0 Å². The van der Waals surface area contributed by atoms with E-state index in [2.05, 4.69) is 27.3 Å². The van der Waals surface area contributed by atoms with Crippen LogP contribution in [0, 0.1) is 0 Å². The van der Waals surface area contributed by atoms with Crippen LogP contribution in [0.25, 0.3) is 0 Å². The van der Waals surface area contributed by atoms with Crippen molar-refractivity contribution in [1.82, 2.24) is 25.1 Å². The van der Waals surface area contributed by atoms with Gasteiger partial charge < -0.3 is 9.52 Å². The Labute approximate surface area is 142 Å². The van der Waals surface area contributed by atoms with Gasteiger partial charge in [-0.05, 0) is 54.8 Å². The minimum Gasteiger partial charge on any atom is -0.467 e. The van der Waals surface area contributed by atoms with Gasteiger partial charge in [-0.15, -0.1) is 5.10 Å². The van der Waals surface area contributed by atoms with E-state index in [-0.39, 0.29) is 0 Å². The van der Waals surface area contributed by atoms with Crippen LogP contribution in [0.15, 0.2) is 22.8 Å². The third-order valence-corrected chi connectivity index (χ3v) is 4.75. The first kappa shape index (κ1) is 17.1. The van der Waals surface area contributed by atoms with Gasteiger partial charge in [0, 0.05) is 12.6 Å². The lowest BCUT2D eigenvalue weighted by atomic mass is 10.0. The van der Waals surface area contributed by atoms with Crippen molar-refractivity contribution >= 4 is 0 Å². The fourth-order valence-corrected chi connectivity index (χ4v) is 3.47. The summed E-state index contributed by atoms with van der Waals surface area (Å²) < 4.78 is 7.25. The average molecular weight is 333 g/mol. The molecule has 0 saturated carbocycles. The zero-order chi connectivity index (χ0) is 16.8. The first-order valence-corrected chi connectivity index (χ1v) is 8.98. The molecule has 0 amide bonds. The normalized spacial score (nSPS) is 20.8. The van der Waals surface area contributed by atoms with Crippen LogP contribution in [0.4, 0.5) is 0 Å². The van der Waals surface area contributed by atoms with Gasteiger partial charge in [0.15, 0.2) is 5.82 Å². The molecular formula is C17H27N5O2. The van der Waals surface area contributed by atoms with Crippen molar-refractivity contribution < 1.29 is 9.52 Å². The van der Waals surface area contributed by atoms with E-state index in [0.29, 0.717) is 18.2 Å². The molecule has 3 heterocycles. The number of likely N-dealkylation sites (tertiary alicyclic amines) is 1. The molecule has 1 saturated heterocycles. The Morgan fingerprint density at radius 1 is 1.38 bits per heavy atom. The second-order valence-electron chi connectivity index (χ2n) is 6.56. The van der Waals surface area contributed by atoms with E-state index in [0.717, 1.165) is 38.3 Å². The van der Waals surface area contributed by atoms with Crippen LogP contribution in [0.1, 0.15) is 63.1 Å². The Bertz CT molecular complexity index is 598. The second-order valence-corrected chi connectivity index (χ2v) is 6.56. The lowest BCUT2D eigenvalue weighted by Gasteiger charge is -2.30. The summed E-state index contributed by atoms with van der Waals surface area (Å²) >= 11 is 0. The lowest BCUT2D eigenvalue weighted by Crippen LogP contribution is -2.36. The highest BCUT2D eigenvalue weighted by molar-refractivity contribution is 5.02. The Kier molecular flexibility index (Phi) is 5.98. The van der Waals surface area contributed by atoms with Crippen molar-refractivity contribution in [2.45, 2.75) is 70.7 Å². The molecule has 132 valence electrons. The number of hydrogen-bond acceptors (Lipinski definition) is 6. The minimum atomic E-state index is -0.558. The fraction of sp³-hybridized carbons (Fsp3) is 0.706. The Balaban J connectivity index is 1.69. The average Bonchev–Trinajstić information content (AvgIpc) is 3.20. The number of tetrazole rings is 1. The highest BCUT2D eigenvalue weighted by Gasteiger charge is 2.26. The molecule has 7 heteroatoms. The van der Waals surface area contributed by atoms with E-state index in [1.165, 1.54) is 19.3 Å². The molecular weight excluding hydrogens is 306 g/mol. The second kappa shape index (κ2) is 8.39. The van der Waals surface area contributed by atoms with E-state index >= 15 is 0 Å². The summed E-state index contributed by atoms with van der Waals surface area (Å²) in [6.45, 7) is 4.73. The molecule has 2 aromatic rings. The van der Waals surface area contributed by atoms with Crippen molar-refractivity contribution in [3.05, 3.63) is 30.0 Å². The molecule has 24 heavy (non-hydrogen) atoms. The van der Waals surface area contributed by atoms with Crippen LogP contribution in [0.3, 0.4) is 0 Å². The van der Waals surface area contributed by atoms with Gasteiger partial charge in [0.2, 0.25) is 0 Å². The van der Waals surface area contributed by atoms with Crippen LogP contribution < -0.4 is 0 Å². The summed E-state index contributed by atoms with van der Waals surface area (Å²) in [7, 11) is 0. The number of rotatable bonds is 7. The molecule has 1 N–H and O–H groups in total.